The van der Waals surface area contributed by atoms with Crippen LogP contribution in [0.15, 0.2) is 24.3 Å². The summed E-state index contributed by atoms with van der Waals surface area (Å²) in [5.74, 6) is -0.598. The van der Waals surface area contributed by atoms with Gasteiger partial charge in [-0.25, -0.2) is 19.4 Å². The van der Waals surface area contributed by atoms with Gasteiger partial charge in [0.1, 0.15) is 11.5 Å². The van der Waals surface area contributed by atoms with Crippen molar-refractivity contribution in [3.8, 4) is 11.5 Å². The topological polar surface area (TPSA) is 93.1 Å². The van der Waals surface area contributed by atoms with Gasteiger partial charge in [0.15, 0.2) is 0 Å². The summed E-state index contributed by atoms with van der Waals surface area (Å²) in [5.41, 5.74) is 3.94. The Hall–Kier alpha value is -3.02. The molecule has 2 aromatic rings. The van der Waals surface area contributed by atoms with Gasteiger partial charge >= 0.3 is 11.9 Å². The molecular weight excluding hydrogens is 552 g/mol. The van der Waals surface area contributed by atoms with E-state index < -0.39 is 17.4 Å². The van der Waals surface area contributed by atoms with E-state index in [1.807, 2.05) is 12.1 Å². The number of rotatable bonds is 6. The molecule has 0 aliphatic heterocycles. The van der Waals surface area contributed by atoms with Gasteiger partial charge in [0.05, 0.1) is 11.8 Å². The number of benzene rings is 2. The van der Waals surface area contributed by atoms with Crippen molar-refractivity contribution in [3.05, 3.63) is 57.6 Å². The highest BCUT2D eigenvalue weighted by atomic mass is 17.2. The van der Waals surface area contributed by atoms with E-state index in [9.17, 15) is 19.8 Å². The van der Waals surface area contributed by atoms with E-state index in [0.29, 0.717) is 25.7 Å². The summed E-state index contributed by atoms with van der Waals surface area (Å²) in [6.07, 6.45) is 3.98. The van der Waals surface area contributed by atoms with Crippen molar-refractivity contribution >= 4 is 11.9 Å². The van der Waals surface area contributed by atoms with E-state index in [1.54, 1.807) is 12.1 Å². The third-order valence-corrected chi connectivity index (χ3v) is 8.87. The average Bonchev–Trinajstić information content (AvgIpc) is 3.34. The van der Waals surface area contributed by atoms with Gasteiger partial charge in [-0.2, -0.15) is 0 Å². The molecule has 0 saturated heterocycles. The lowest BCUT2D eigenvalue weighted by Crippen LogP contribution is -2.35. The minimum Gasteiger partial charge on any atom is -0.508 e. The van der Waals surface area contributed by atoms with Crippen molar-refractivity contribution in [2.45, 2.75) is 150 Å². The van der Waals surface area contributed by atoms with E-state index in [1.165, 1.54) is 0 Å². The predicted molar refractivity (Wildman–Crippen MR) is 176 cm³/mol. The van der Waals surface area contributed by atoms with E-state index in [4.69, 9.17) is 9.78 Å². The Morgan fingerprint density at radius 1 is 0.636 bits per heavy atom. The SMILES string of the molecule is CC(C)(C)c1c(O)ccc(CCC(=O)OOC(=O)C2(Cc3ccc(O)c(C(C)(C)C)c3C(C)(C)C)CCCC2)c1C(C)(C)C. The molecule has 2 N–H and O–H groups in total. The predicted octanol–water partition coefficient (Wildman–Crippen LogP) is 9.02. The fourth-order valence-corrected chi connectivity index (χ4v) is 7.18. The maximum absolute atomic E-state index is 13.7. The highest BCUT2D eigenvalue weighted by molar-refractivity contribution is 5.79. The molecule has 0 amide bonds. The van der Waals surface area contributed by atoms with Crippen LogP contribution in [0, 0.1) is 5.41 Å². The van der Waals surface area contributed by atoms with Gasteiger partial charge < -0.3 is 10.2 Å². The van der Waals surface area contributed by atoms with Gasteiger partial charge in [-0.3, -0.25) is 0 Å². The van der Waals surface area contributed by atoms with Crippen molar-refractivity contribution in [1.29, 1.82) is 0 Å². The lowest BCUT2D eigenvalue weighted by Gasteiger charge is -2.35. The van der Waals surface area contributed by atoms with Crippen molar-refractivity contribution in [1.82, 2.24) is 0 Å². The zero-order valence-electron chi connectivity index (χ0n) is 29.3. The molecule has 1 aliphatic carbocycles. The fraction of sp³-hybridized carbons (Fsp3) is 0.632. The van der Waals surface area contributed by atoms with Crippen molar-refractivity contribution in [2.24, 2.45) is 5.41 Å². The number of aryl methyl sites for hydroxylation is 1. The second-order valence-electron chi connectivity index (χ2n) is 17.0. The smallest absolute Gasteiger partial charge is 0.361 e. The molecule has 6 heteroatoms. The summed E-state index contributed by atoms with van der Waals surface area (Å²) in [6, 6.07) is 7.23. The Morgan fingerprint density at radius 2 is 1.05 bits per heavy atom. The zero-order chi connectivity index (χ0) is 33.5. The van der Waals surface area contributed by atoms with Gasteiger partial charge in [-0.05, 0) is 81.7 Å². The number of hydrogen-bond donors (Lipinski definition) is 2. The lowest BCUT2D eigenvalue weighted by molar-refractivity contribution is -0.266. The largest absolute Gasteiger partial charge is 0.508 e. The molecule has 2 aromatic carbocycles. The van der Waals surface area contributed by atoms with Crippen molar-refractivity contribution in [3.63, 3.8) is 0 Å². The third-order valence-electron chi connectivity index (χ3n) is 8.87. The summed E-state index contributed by atoms with van der Waals surface area (Å²) in [5, 5.41) is 21.6. The number of carbonyl (C=O) groups excluding carboxylic acids is 2. The van der Waals surface area contributed by atoms with Crippen LogP contribution in [0.5, 0.6) is 11.5 Å². The standard InChI is InChI=1S/C38H56O6/c1-34(2,3)29-24(15-18-26(39)31(29)36(7,8)9)17-20-28(41)43-44-33(42)38(21-13-14-22-38)23-25-16-19-27(40)32(37(10,11)12)30(25)35(4,5)6/h15-16,18-19,39-40H,13-14,17,20-23H2,1-12H3. The normalized spacial score (nSPS) is 15.7. The van der Waals surface area contributed by atoms with Crippen LogP contribution in [0.1, 0.15) is 149 Å². The Morgan fingerprint density at radius 3 is 1.48 bits per heavy atom. The summed E-state index contributed by atoms with van der Waals surface area (Å²) in [6.45, 7) is 25.2. The van der Waals surface area contributed by atoms with Gasteiger partial charge in [0.25, 0.3) is 0 Å². The van der Waals surface area contributed by atoms with Crippen LogP contribution in [-0.2, 0) is 53.9 Å². The molecule has 3 rings (SSSR count). The first kappa shape index (κ1) is 35.5. The second kappa shape index (κ2) is 12.4. The zero-order valence-corrected chi connectivity index (χ0v) is 29.3. The maximum atomic E-state index is 13.7. The summed E-state index contributed by atoms with van der Waals surface area (Å²) >= 11 is 0. The fourth-order valence-electron chi connectivity index (χ4n) is 7.18. The molecule has 0 spiro atoms. The van der Waals surface area contributed by atoms with Gasteiger partial charge in [-0.1, -0.05) is 108 Å². The third kappa shape index (κ3) is 7.79. The Labute approximate surface area is 265 Å². The number of aromatic hydroxyl groups is 2. The van der Waals surface area contributed by atoms with Crippen LogP contribution >= 0.6 is 0 Å². The first-order chi connectivity index (χ1) is 20.0. The van der Waals surface area contributed by atoms with Crippen LogP contribution in [0.3, 0.4) is 0 Å². The number of carbonyl (C=O) groups is 2. The lowest BCUT2D eigenvalue weighted by atomic mass is 9.69. The molecular formula is C38H56O6. The first-order valence-corrected chi connectivity index (χ1v) is 16.1. The molecule has 6 nitrogen and oxygen atoms in total. The van der Waals surface area contributed by atoms with Crippen LogP contribution in [0.4, 0.5) is 0 Å². The monoisotopic (exact) mass is 608 g/mol. The highest BCUT2D eigenvalue weighted by Gasteiger charge is 2.45. The van der Waals surface area contributed by atoms with E-state index in [-0.39, 0.29) is 39.6 Å². The molecule has 0 radical (unpaired) electrons. The first-order valence-electron chi connectivity index (χ1n) is 16.1. The van der Waals surface area contributed by atoms with Gasteiger partial charge in [0.2, 0.25) is 0 Å². The maximum Gasteiger partial charge on any atom is 0.361 e. The van der Waals surface area contributed by atoms with Crippen LogP contribution in [0.25, 0.3) is 0 Å². The van der Waals surface area contributed by atoms with E-state index >= 15 is 0 Å². The van der Waals surface area contributed by atoms with Crippen LogP contribution in [-0.4, -0.2) is 22.2 Å². The van der Waals surface area contributed by atoms with Gasteiger partial charge in [-0.15, -0.1) is 0 Å². The number of hydrogen-bond acceptors (Lipinski definition) is 6. The average molecular weight is 609 g/mol. The molecule has 1 aliphatic rings. The quantitative estimate of drug-likeness (QED) is 0.251. The molecule has 44 heavy (non-hydrogen) atoms. The number of phenols is 2. The summed E-state index contributed by atoms with van der Waals surface area (Å²) < 4.78 is 0. The minimum atomic E-state index is -0.801. The number of phenolic OH excluding ortho intramolecular Hbond substituents is 2. The van der Waals surface area contributed by atoms with Crippen LogP contribution < -0.4 is 0 Å². The summed E-state index contributed by atoms with van der Waals surface area (Å²) in [7, 11) is 0. The highest BCUT2D eigenvalue weighted by Crippen LogP contribution is 2.47. The molecule has 0 heterocycles. The minimum absolute atomic E-state index is 0.0405. The Bertz CT molecular complexity index is 1370. The van der Waals surface area contributed by atoms with E-state index in [2.05, 4.69) is 83.1 Å². The Kier molecular flexibility index (Phi) is 10.00. The molecule has 1 fully saturated rings. The van der Waals surface area contributed by atoms with Gasteiger partial charge in [0, 0.05) is 11.1 Å². The molecule has 244 valence electrons. The molecule has 1 saturated carbocycles. The molecule has 0 aromatic heterocycles. The second-order valence-corrected chi connectivity index (χ2v) is 17.0. The molecule has 0 atom stereocenters. The van der Waals surface area contributed by atoms with E-state index in [0.717, 1.165) is 46.2 Å². The molecule has 0 bridgehead atoms. The molecule has 0 unspecified atom stereocenters. The van der Waals surface area contributed by atoms with Crippen molar-refractivity contribution in [2.75, 3.05) is 0 Å². The summed E-state index contributed by atoms with van der Waals surface area (Å²) in [4.78, 5) is 37.1. The Balaban J connectivity index is 1.82. The van der Waals surface area contributed by atoms with Crippen molar-refractivity contribution < 1.29 is 29.6 Å². The van der Waals surface area contributed by atoms with Crippen LogP contribution in [0.2, 0.25) is 0 Å².